The molecule has 2 atom stereocenters. The number of halogens is 2. The zero-order valence-corrected chi connectivity index (χ0v) is 16.4. The molecule has 2 aromatic carbocycles. The van der Waals surface area contributed by atoms with Crippen molar-refractivity contribution in [3.63, 3.8) is 0 Å². The number of hydrogen-bond acceptors (Lipinski definition) is 3. The molecule has 0 aliphatic heterocycles. The van der Waals surface area contributed by atoms with Gasteiger partial charge in [-0.15, -0.1) is 24.8 Å². The van der Waals surface area contributed by atoms with Crippen molar-refractivity contribution in [2.75, 3.05) is 0 Å². The Balaban J connectivity index is 0.00000169. The summed E-state index contributed by atoms with van der Waals surface area (Å²) in [5.74, 6) is 0.635. The number of aryl methyl sites for hydroxylation is 1. The van der Waals surface area contributed by atoms with Crippen molar-refractivity contribution in [2.24, 2.45) is 5.73 Å². The van der Waals surface area contributed by atoms with Crippen LogP contribution < -0.4 is 11.1 Å². The number of fused-ring (bicyclic) bond motifs is 1. The molecular weight excluding hydrogens is 371 g/mol. The number of nitrogens with zero attached hydrogens (tertiary/aromatic N) is 2. The Labute approximate surface area is 165 Å². The number of carbonyl (C=O) groups is 1. The maximum absolute atomic E-state index is 12.5. The molecular formula is C19H24Cl2N4O. The predicted molar refractivity (Wildman–Crippen MR) is 110 cm³/mol. The van der Waals surface area contributed by atoms with Crippen LogP contribution in [0.4, 0.5) is 0 Å². The van der Waals surface area contributed by atoms with Gasteiger partial charge in [-0.25, -0.2) is 4.98 Å². The second-order valence-corrected chi connectivity index (χ2v) is 5.82. The van der Waals surface area contributed by atoms with Gasteiger partial charge in [-0.05, 0) is 31.5 Å². The molecule has 3 N–H and O–H groups in total. The minimum atomic E-state index is -0.687. The van der Waals surface area contributed by atoms with E-state index in [1.54, 1.807) is 0 Å². The SMILES string of the molecule is CCn1c(C(C)NC(=O)C(N)c2ccccc2)nc2ccccc21.Cl.Cl. The molecule has 0 spiro atoms. The van der Waals surface area contributed by atoms with Gasteiger partial charge in [-0.3, -0.25) is 4.79 Å². The van der Waals surface area contributed by atoms with Gasteiger partial charge in [0.1, 0.15) is 11.9 Å². The predicted octanol–water partition coefficient (Wildman–Crippen LogP) is 3.78. The number of benzene rings is 2. The molecule has 3 rings (SSSR count). The van der Waals surface area contributed by atoms with Crippen molar-refractivity contribution >= 4 is 41.8 Å². The van der Waals surface area contributed by atoms with Crippen LogP contribution in [-0.4, -0.2) is 15.5 Å². The van der Waals surface area contributed by atoms with Gasteiger partial charge in [-0.1, -0.05) is 42.5 Å². The summed E-state index contributed by atoms with van der Waals surface area (Å²) in [6.07, 6.45) is 0. The highest BCUT2D eigenvalue weighted by Gasteiger charge is 2.21. The van der Waals surface area contributed by atoms with E-state index < -0.39 is 6.04 Å². The van der Waals surface area contributed by atoms with Crippen LogP contribution in [0, 0.1) is 0 Å². The van der Waals surface area contributed by atoms with E-state index in [0.29, 0.717) is 0 Å². The van der Waals surface area contributed by atoms with Crippen molar-refractivity contribution in [1.29, 1.82) is 0 Å². The monoisotopic (exact) mass is 394 g/mol. The van der Waals surface area contributed by atoms with Gasteiger partial charge < -0.3 is 15.6 Å². The Kier molecular flexibility index (Phi) is 8.08. The van der Waals surface area contributed by atoms with Crippen LogP contribution in [0.2, 0.25) is 0 Å². The van der Waals surface area contributed by atoms with E-state index in [-0.39, 0.29) is 36.8 Å². The molecule has 5 nitrogen and oxygen atoms in total. The van der Waals surface area contributed by atoms with E-state index in [4.69, 9.17) is 5.73 Å². The Morgan fingerprint density at radius 1 is 1.12 bits per heavy atom. The van der Waals surface area contributed by atoms with Gasteiger partial charge in [0.25, 0.3) is 0 Å². The number of hydrogen-bond donors (Lipinski definition) is 2. The number of amides is 1. The van der Waals surface area contributed by atoms with E-state index in [9.17, 15) is 4.79 Å². The van der Waals surface area contributed by atoms with E-state index in [0.717, 1.165) is 29.0 Å². The van der Waals surface area contributed by atoms with Crippen molar-refractivity contribution in [3.8, 4) is 0 Å². The largest absolute Gasteiger partial charge is 0.345 e. The van der Waals surface area contributed by atoms with Gasteiger partial charge in [0.05, 0.1) is 17.1 Å². The van der Waals surface area contributed by atoms with Gasteiger partial charge in [-0.2, -0.15) is 0 Å². The highest BCUT2D eigenvalue weighted by atomic mass is 35.5. The zero-order chi connectivity index (χ0) is 17.1. The average molecular weight is 395 g/mol. The van der Waals surface area contributed by atoms with Gasteiger partial charge in [0, 0.05) is 6.54 Å². The molecule has 26 heavy (non-hydrogen) atoms. The molecule has 1 aromatic heterocycles. The van der Waals surface area contributed by atoms with Gasteiger partial charge in [0.2, 0.25) is 5.91 Å². The summed E-state index contributed by atoms with van der Waals surface area (Å²) in [6.45, 7) is 4.80. The summed E-state index contributed by atoms with van der Waals surface area (Å²) in [4.78, 5) is 17.1. The average Bonchev–Trinajstić information content (AvgIpc) is 3.00. The molecule has 1 heterocycles. The molecule has 140 valence electrons. The molecule has 0 aliphatic rings. The Bertz CT molecular complexity index is 851. The highest BCUT2D eigenvalue weighted by molar-refractivity contribution is 5.85. The third kappa shape index (κ3) is 4.36. The summed E-state index contributed by atoms with van der Waals surface area (Å²) in [7, 11) is 0. The number of carbonyl (C=O) groups excluding carboxylic acids is 1. The molecule has 3 aromatic rings. The van der Waals surface area contributed by atoms with Crippen LogP contribution in [0.15, 0.2) is 54.6 Å². The second-order valence-electron chi connectivity index (χ2n) is 5.82. The molecule has 0 aliphatic carbocycles. The van der Waals surface area contributed by atoms with Crippen molar-refractivity contribution in [2.45, 2.75) is 32.5 Å². The molecule has 0 radical (unpaired) electrons. The lowest BCUT2D eigenvalue weighted by atomic mass is 10.1. The van der Waals surface area contributed by atoms with Gasteiger partial charge in [0.15, 0.2) is 0 Å². The topological polar surface area (TPSA) is 72.9 Å². The standard InChI is InChI=1S/C19H22N4O.2ClH/c1-3-23-16-12-8-7-11-15(16)22-18(23)13(2)21-19(24)17(20)14-9-5-4-6-10-14;;/h4-13,17H,3,20H2,1-2H3,(H,21,24);2*1H. The van der Waals surface area contributed by atoms with Crippen molar-refractivity contribution < 1.29 is 4.79 Å². The smallest absolute Gasteiger partial charge is 0.242 e. The molecule has 0 bridgehead atoms. The fourth-order valence-corrected chi connectivity index (χ4v) is 2.94. The molecule has 7 heteroatoms. The minimum absolute atomic E-state index is 0. The van der Waals surface area contributed by atoms with Crippen molar-refractivity contribution in [1.82, 2.24) is 14.9 Å². The van der Waals surface area contributed by atoms with E-state index in [2.05, 4.69) is 21.8 Å². The normalized spacial score (nSPS) is 12.6. The second kappa shape index (κ2) is 9.57. The number of aromatic nitrogens is 2. The van der Waals surface area contributed by atoms with Crippen molar-refractivity contribution in [3.05, 3.63) is 66.0 Å². The number of nitrogens with one attached hydrogen (secondary N) is 1. The first-order chi connectivity index (χ1) is 11.6. The van der Waals surface area contributed by atoms with E-state index in [1.807, 2.05) is 61.5 Å². The number of para-hydroxylation sites is 2. The van der Waals surface area contributed by atoms with Crippen LogP contribution in [0.1, 0.15) is 37.3 Å². The lowest BCUT2D eigenvalue weighted by Gasteiger charge is -2.18. The summed E-state index contributed by atoms with van der Waals surface area (Å²) in [6, 6.07) is 16.4. The first-order valence-corrected chi connectivity index (χ1v) is 8.18. The Morgan fingerprint density at radius 2 is 1.73 bits per heavy atom. The van der Waals surface area contributed by atoms with Crippen LogP contribution in [0.5, 0.6) is 0 Å². The first kappa shape index (κ1) is 22.0. The third-order valence-electron chi connectivity index (χ3n) is 4.19. The summed E-state index contributed by atoms with van der Waals surface area (Å²) in [5, 5.41) is 2.98. The minimum Gasteiger partial charge on any atom is -0.345 e. The summed E-state index contributed by atoms with van der Waals surface area (Å²) >= 11 is 0. The van der Waals surface area contributed by atoms with Crippen LogP contribution >= 0.6 is 24.8 Å². The van der Waals surface area contributed by atoms with Crippen LogP contribution in [0.3, 0.4) is 0 Å². The Morgan fingerprint density at radius 3 is 2.38 bits per heavy atom. The van der Waals surface area contributed by atoms with Gasteiger partial charge >= 0.3 is 0 Å². The molecule has 0 saturated heterocycles. The molecule has 0 fully saturated rings. The quantitative estimate of drug-likeness (QED) is 0.691. The highest BCUT2D eigenvalue weighted by Crippen LogP contribution is 2.21. The summed E-state index contributed by atoms with van der Waals surface area (Å²) < 4.78 is 2.12. The fraction of sp³-hybridized carbons (Fsp3) is 0.263. The molecule has 1 amide bonds. The number of rotatable bonds is 5. The fourth-order valence-electron chi connectivity index (χ4n) is 2.94. The Hall–Kier alpha value is -2.08. The number of nitrogens with two attached hydrogens (primary N) is 1. The lowest BCUT2D eigenvalue weighted by molar-refractivity contribution is -0.123. The maximum Gasteiger partial charge on any atom is 0.242 e. The number of imidazole rings is 1. The lowest BCUT2D eigenvalue weighted by Crippen LogP contribution is -2.36. The third-order valence-corrected chi connectivity index (χ3v) is 4.19. The van der Waals surface area contributed by atoms with E-state index in [1.165, 1.54) is 0 Å². The zero-order valence-electron chi connectivity index (χ0n) is 14.8. The first-order valence-electron chi connectivity index (χ1n) is 8.18. The molecule has 0 saturated carbocycles. The van der Waals surface area contributed by atoms with Crippen LogP contribution in [0.25, 0.3) is 11.0 Å². The maximum atomic E-state index is 12.5. The summed E-state index contributed by atoms with van der Waals surface area (Å²) in [5.41, 5.74) is 8.87. The molecule has 2 unspecified atom stereocenters. The van der Waals surface area contributed by atoms with Crippen LogP contribution in [-0.2, 0) is 11.3 Å². The van der Waals surface area contributed by atoms with E-state index >= 15 is 0 Å².